The first-order valence-corrected chi connectivity index (χ1v) is 11.9. The van der Waals surface area contributed by atoms with E-state index in [9.17, 15) is 14.4 Å². The van der Waals surface area contributed by atoms with Gasteiger partial charge in [-0.05, 0) is 80.3 Å². The second-order valence-electron chi connectivity index (χ2n) is 8.71. The monoisotopic (exact) mass is 488 g/mol. The summed E-state index contributed by atoms with van der Waals surface area (Å²) in [6.07, 6.45) is 0.533. The molecule has 0 aromatic heterocycles. The Bertz CT molecular complexity index is 1160. The molecular weight excluding hydrogens is 456 g/mol. The number of benzene rings is 3. The topological polar surface area (TPSA) is 93.7 Å². The van der Waals surface area contributed by atoms with E-state index in [1.807, 2.05) is 63.2 Å². The van der Waals surface area contributed by atoms with Crippen molar-refractivity contribution in [3.05, 3.63) is 89.5 Å². The highest BCUT2D eigenvalue weighted by Crippen LogP contribution is 2.25. The van der Waals surface area contributed by atoms with Crippen LogP contribution in [0.2, 0.25) is 0 Å². The minimum absolute atomic E-state index is 0.0532. The Morgan fingerprint density at radius 2 is 1.47 bits per heavy atom. The predicted molar refractivity (Wildman–Crippen MR) is 139 cm³/mol. The van der Waals surface area contributed by atoms with E-state index in [1.54, 1.807) is 24.3 Å². The molecule has 0 fully saturated rings. The zero-order chi connectivity index (χ0) is 25.9. The van der Waals surface area contributed by atoms with E-state index in [0.29, 0.717) is 17.9 Å². The Morgan fingerprint density at radius 1 is 0.806 bits per heavy atom. The highest BCUT2D eigenvalue weighted by atomic mass is 16.5. The van der Waals surface area contributed by atoms with Gasteiger partial charge >= 0.3 is 5.97 Å². The fourth-order valence-electron chi connectivity index (χ4n) is 3.68. The quantitative estimate of drug-likeness (QED) is 0.342. The van der Waals surface area contributed by atoms with E-state index < -0.39 is 5.97 Å². The minimum Gasteiger partial charge on any atom is -0.457 e. The Balaban J connectivity index is 1.33. The second kappa shape index (κ2) is 13.1. The molecule has 0 aliphatic heterocycles. The molecule has 0 heterocycles. The first-order chi connectivity index (χ1) is 17.3. The van der Waals surface area contributed by atoms with Gasteiger partial charge in [0.15, 0.2) is 6.61 Å². The number of nitrogens with one attached hydrogen (secondary N) is 2. The van der Waals surface area contributed by atoms with E-state index in [1.165, 1.54) is 0 Å². The molecule has 0 aliphatic carbocycles. The van der Waals surface area contributed by atoms with Crippen LogP contribution < -0.4 is 15.4 Å². The summed E-state index contributed by atoms with van der Waals surface area (Å²) >= 11 is 0. The van der Waals surface area contributed by atoms with Crippen molar-refractivity contribution in [1.82, 2.24) is 5.32 Å². The zero-order valence-electron chi connectivity index (χ0n) is 20.9. The molecule has 188 valence electrons. The number of anilines is 1. The summed E-state index contributed by atoms with van der Waals surface area (Å²) in [5, 5.41) is 5.59. The van der Waals surface area contributed by atoms with Crippen LogP contribution in [0.1, 0.15) is 48.9 Å². The summed E-state index contributed by atoms with van der Waals surface area (Å²) in [5.74, 6) is 0.336. The molecular formula is C29H32N2O5. The van der Waals surface area contributed by atoms with Gasteiger partial charge in [-0.3, -0.25) is 14.4 Å². The van der Waals surface area contributed by atoms with Gasteiger partial charge < -0.3 is 20.1 Å². The molecule has 7 heteroatoms. The Morgan fingerprint density at radius 3 is 2.14 bits per heavy atom. The molecule has 0 spiro atoms. The number of hydrogen-bond donors (Lipinski definition) is 2. The van der Waals surface area contributed by atoms with E-state index in [2.05, 4.69) is 16.7 Å². The third-order valence-electron chi connectivity index (χ3n) is 5.40. The predicted octanol–water partition coefficient (Wildman–Crippen LogP) is 5.63. The van der Waals surface area contributed by atoms with Gasteiger partial charge in [0.25, 0.3) is 5.91 Å². The Kier molecular flexibility index (Phi) is 9.63. The van der Waals surface area contributed by atoms with Gasteiger partial charge in [-0.15, -0.1) is 0 Å². The van der Waals surface area contributed by atoms with Crippen LogP contribution in [0.15, 0.2) is 72.8 Å². The lowest BCUT2D eigenvalue weighted by molar-refractivity contribution is -0.148. The van der Waals surface area contributed by atoms with Crippen molar-refractivity contribution in [3.63, 3.8) is 0 Å². The molecule has 3 aromatic rings. The summed E-state index contributed by atoms with van der Waals surface area (Å²) in [6.45, 7) is 5.54. The fourth-order valence-corrected chi connectivity index (χ4v) is 3.68. The van der Waals surface area contributed by atoms with Gasteiger partial charge in [-0.2, -0.15) is 0 Å². The van der Waals surface area contributed by atoms with Gasteiger partial charge in [-0.25, -0.2) is 0 Å². The van der Waals surface area contributed by atoms with Crippen molar-refractivity contribution in [3.8, 4) is 11.5 Å². The lowest BCUT2D eigenvalue weighted by Crippen LogP contribution is -2.31. The van der Waals surface area contributed by atoms with E-state index in [4.69, 9.17) is 9.47 Å². The van der Waals surface area contributed by atoms with Gasteiger partial charge in [0.1, 0.15) is 11.5 Å². The number of esters is 1. The molecule has 2 N–H and O–H groups in total. The summed E-state index contributed by atoms with van der Waals surface area (Å²) in [6, 6.07) is 22.4. The largest absolute Gasteiger partial charge is 0.457 e. The van der Waals surface area contributed by atoms with Gasteiger partial charge in [0.2, 0.25) is 5.91 Å². The molecule has 0 radical (unpaired) electrons. The van der Waals surface area contributed by atoms with E-state index in [0.717, 1.165) is 22.4 Å². The van der Waals surface area contributed by atoms with Crippen molar-refractivity contribution in [2.45, 2.75) is 46.1 Å². The van der Waals surface area contributed by atoms with Crippen LogP contribution in [0, 0.1) is 13.8 Å². The Labute approximate surface area is 211 Å². The SMILES string of the molecule is Cc1cc(C)cc(Oc2ccc(NC(=O)CCCC(=O)OCC(=O)N[C@@H](C)c3ccccc3)cc2)c1. The number of rotatable bonds is 11. The molecule has 3 aromatic carbocycles. The summed E-state index contributed by atoms with van der Waals surface area (Å²) in [4.78, 5) is 36.1. The molecule has 1 atom stereocenters. The molecule has 2 amide bonds. The van der Waals surface area contributed by atoms with Gasteiger partial charge in [-0.1, -0.05) is 36.4 Å². The molecule has 7 nitrogen and oxygen atoms in total. The number of ether oxygens (including phenoxy) is 2. The minimum atomic E-state index is -0.516. The molecule has 0 aliphatic rings. The normalized spacial score (nSPS) is 11.3. The standard InChI is InChI=1S/C29H32N2O5/c1-20-16-21(2)18-26(17-20)36-25-14-12-24(13-15-25)31-27(32)10-7-11-29(34)35-19-28(33)30-22(3)23-8-5-4-6-9-23/h4-6,8-9,12-18,22H,7,10-11,19H2,1-3H3,(H,30,33)(H,31,32)/t22-/m0/s1. The molecule has 0 bridgehead atoms. The first-order valence-electron chi connectivity index (χ1n) is 11.9. The third kappa shape index (κ3) is 8.91. The summed E-state index contributed by atoms with van der Waals surface area (Å²) in [5.41, 5.74) is 3.85. The zero-order valence-corrected chi connectivity index (χ0v) is 20.9. The van der Waals surface area contributed by atoms with Crippen molar-refractivity contribution < 1.29 is 23.9 Å². The van der Waals surface area contributed by atoms with Crippen LogP contribution >= 0.6 is 0 Å². The van der Waals surface area contributed by atoms with Crippen molar-refractivity contribution in [2.24, 2.45) is 0 Å². The van der Waals surface area contributed by atoms with Crippen molar-refractivity contribution >= 4 is 23.5 Å². The van der Waals surface area contributed by atoms with Crippen LogP contribution in [0.25, 0.3) is 0 Å². The maximum Gasteiger partial charge on any atom is 0.306 e. The molecule has 0 saturated carbocycles. The lowest BCUT2D eigenvalue weighted by Gasteiger charge is -2.14. The number of amides is 2. The summed E-state index contributed by atoms with van der Waals surface area (Å²) < 4.78 is 10.9. The highest BCUT2D eigenvalue weighted by molar-refractivity contribution is 5.91. The molecule has 36 heavy (non-hydrogen) atoms. The Hall–Kier alpha value is -4.13. The average Bonchev–Trinajstić information content (AvgIpc) is 2.84. The third-order valence-corrected chi connectivity index (χ3v) is 5.40. The van der Waals surface area contributed by atoms with Crippen molar-refractivity contribution in [2.75, 3.05) is 11.9 Å². The maximum absolute atomic E-state index is 12.2. The highest BCUT2D eigenvalue weighted by Gasteiger charge is 2.12. The van der Waals surface area contributed by atoms with Gasteiger partial charge in [0.05, 0.1) is 6.04 Å². The van der Waals surface area contributed by atoms with Crippen LogP contribution in [0.4, 0.5) is 5.69 Å². The number of carbonyl (C=O) groups excluding carboxylic acids is 3. The van der Waals surface area contributed by atoms with Crippen LogP contribution in [0.3, 0.4) is 0 Å². The van der Waals surface area contributed by atoms with Gasteiger partial charge in [0, 0.05) is 18.5 Å². The molecule has 0 saturated heterocycles. The fraction of sp³-hybridized carbons (Fsp3) is 0.276. The smallest absolute Gasteiger partial charge is 0.306 e. The summed E-state index contributed by atoms with van der Waals surface area (Å²) in [7, 11) is 0. The van der Waals surface area contributed by atoms with Crippen LogP contribution in [-0.2, 0) is 19.1 Å². The first kappa shape index (κ1) is 26.5. The second-order valence-corrected chi connectivity index (χ2v) is 8.71. The van der Waals surface area contributed by atoms with E-state index in [-0.39, 0.29) is 37.3 Å². The van der Waals surface area contributed by atoms with Crippen molar-refractivity contribution in [1.29, 1.82) is 0 Å². The van der Waals surface area contributed by atoms with Crippen LogP contribution in [-0.4, -0.2) is 24.4 Å². The number of carbonyl (C=O) groups is 3. The van der Waals surface area contributed by atoms with E-state index >= 15 is 0 Å². The molecule has 0 unspecified atom stereocenters. The molecule has 3 rings (SSSR count). The number of hydrogen-bond acceptors (Lipinski definition) is 5. The van der Waals surface area contributed by atoms with Crippen LogP contribution in [0.5, 0.6) is 11.5 Å². The lowest BCUT2D eigenvalue weighted by atomic mass is 10.1. The number of aryl methyl sites for hydroxylation is 2. The maximum atomic E-state index is 12.2. The average molecular weight is 489 g/mol.